The molecule has 2 amide bonds. The highest BCUT2D eigenvalue weighted by molar-refractivity contribution is 7.92. The molecule has 2 heterocycles. The zero-order valence-corrected chi connectivity index (χ0v) is 27.5. The predicted molar refractivity (Wildman–Crippen MR) is 181 cm³/mol. The lowest BCUT2D eigenvalue weighted by Gasteiger charge is -2.26. The van der Waals surface area contributed by atoms with Crippen LogP contribution in [0.15, 0.2) is 60.7 Å². The van der Waals surface area contributed by atoms with Crippen LogP contribution in [0, 0.1) is 13.8 Å². The summed E-state index contributed by atoms with van der Waals surface area (Å²) in [6.45, 7) is 7.00. The molecule has 0 spiro atoms. The minimum Gasteiger partial charge on any atom is -0.465 e. The summed E-state index contributed by atoms with van der Waals surface area (Å²) in [4.78, 5) is 32.5. The van der Waals surface area contributed by atoms with E-state index in [0.717, 1.165) is 63.5 Å². The molecular weight excluding hydrogens is 604 g/mol. The van der Waals surface area contributed by atoms with E-state index in [1.54, 1.807) is 12.1 Å². The highest BCUT2D eigenvalue weighted by Gasteiger charge is 2.22. The van der Waals surface area contributed by atoms with E-state index in [1.165, 1.54) is 4.90 Å². The van der Waals surface area contributed by atoms with Crippen LogP contribution < -0.4 is 4.72 Å². The number of sulfonamides is 1. The van der Waals surface area contributed by atoms with Gasteiger partial charge in [-0.1, -0.05) is 29.3 Å². The van der Waals surface area contributed by atoms with Crippen LogP contribution in [-0.4, -0.2) is 86.0 Å². The monoisotopic (exact) mass is 646 g/mol. The highest BCUT2D eigenvalue weighted by atomic mass is 32.2. The topological polar surface area (TPSA) is 132 Å². The molecule has 1 aliphatic rings. The van der Waals surface area contributed by atoms with Crippen molar-refractivity contribution in [2.24, 2.45) is 0 Å². The van der Waals surface area contributed by atoms with E-state index in [1.807, 2.05) is 35.2 Å². The molecule has 3 N–H and O–H groups in total. The Kier molecular flexibility index (Phi) is 10.3. The number of aromatic amines is 1. The van der Waals surface area contributed by atoms with Crippen LogP contribution in [0.2, 0.25) is 0 Å². The van der Waals surface area contributed by atoms with Crippen LogP contribution in [0.3, 0.4) is 0 Å². The van der Waals surface area contributed by atoms with Gasteiger partial charge in [0.1, 0.15) is 0 Å². The van der Waals surface area contributed by atoms with Crippen molar-refractivity contribution in [3.63, 3.8) is 0 Å². The van der Waals surface area contributed by atoms with Gasteiger partial charge in [0.15, 0.2) is 0 Å². The molecule has 5 rings (SSSR count). The number of H-pyrrole nitrogens is 1. The average molecular weight is 647 g/mol. The summed E-state index contributed by atoms with van der Waals surface area (Å²) >= 11 is 0. The number of carboxylic acid groups (broad SMARTS) is 1. The Labute approximate surface area is 270 Å². The van der Waals surface area contributed by atoms with Crippen molar-refractivity contribution in [3.8, 4) is 11.3 Å². The van der Waals surface area contributed by atoms with E-state index >= 15 is 0 Å². The lowest BCUT2D eigenvalue weighted by molar-refractivity contribution is 0.0303. The van der Waals surface area contributed by atoms with Crippen LogP contribution in [-0.2, 0) is 27.6 Å². The number of amides is 2. The Morgan fingerprint density at radius 2 is 1.63 bits per heavy atom. The lowest BCUT2D eigenvalue weighted by Crippen LogP contribution is -2.40. The molecule has 244 valence electrons. The highest BCUT2D eigenvalue weighted by Crippen LogP contribution is 2.33. The number of carbonyl (C=O) groups excluding carboxylic acids is 1. The number of aryl methyl sites for hydroxylation is 3. The molecule has 1 aromatic heterocycles. The molecule has 10 nitrogen and oxygen atoms in total. The van der Waals surface area contributed by atoms with Gasteiger partial charge in [-0.3, -0.25) is 9.52 Å². The molecule has 4 aromatic rings. The van der Waals surface area contributed by atoms with Gasteiger partial charge in [-0.2, -0.15) is 0 Å². The number of rotatable bonds is 12. The first kappa shape index (κ1) is 33.0. The molecule has 0 atom stereocenters. The number of morpholine rings is 1. The number of anilines is 1. The van der Waals surface area contributed by atoms with Gasteiger partial charge in [-0.05, 0) is 98.7 Å². The Morgan fingerprint density at radius 1 is 0.935 bits per heavy atom. The van der Waals surface area contributed by atoms with Gasteiger partial charge in [0, 0.05) is 54.0 Å². The van der Waals surface area contributed by atoms with Crippen LogP contribution in [0.1, 0.15) is 45.5 Å². The second-order valence-electron chi connectivity index (χ2n) is 12.1. The van der Waals surface area contributed by atoms with E-state index in [2.05, 4.69) is 41.8 Å². The van der Waals surface area contributed by atoms with E-state index in [4.69, 9.17) is 4.74 Å². The molecule has 0 radical (unpaired) electrons. The first-order valence-corrected chi connectivity index (χ1v) is 17.5. The summed E-state index contributed by atoms with van der Waals surface area (Å²) in [6, 6.07) is 19.3. The Balaban J connectivity index is 1.32. The molecule has 46 heavy (non-hydrogen) atoms. The maximum Gasteiger partial charge on any atom is 0.407 e. The smallest absolute Gasteiger partial charge is 0.407 e. The van der Waals surface area contributed by atoms with Gasteiger partial charge in [0.2, 0.25) is 10.0 Å². The van der Waals surface area contributed by atoms with Crippen LogP contribution in [0.5, 0.6) is 0 Å². The summed E-state index contributed by atoms with van der Waals surface area (Å²) in [7, 11) is -3.33. The van der Waals surface area contributed by atoms with Crippen molar-refractivity contribution in [1.29, 1.82) is 0 Å². The Hall–Kier alpha value is -4.35. The number of carbonyl (C=O) groups is 2. The van der Waals surface area contributed by atoms with Crippen LogP contribution >= 0.6 is 0 Å². The molecule has 0 unspecified atom stereocenters. The standard InChI is InChI=1S/C35H42N4O6S/c1-24-20-25(2)22-28(21-24)33-30(31-23-27(9-12-32(31)36-33)34(40)38-16-18-45-19-17-38)13-15-39(35(41)42)14-5-4-6-26-7-10-29(11-8-26)37-46(3,43)44/h7-12,20-23,36-37H,4-6,13-19H2,1-3H3,(H,41,42). The van der Waals surface area contributed by atoms with Crippen molar-refractivity contribution in [2.75, 3.05) is 50.4 Å². The number of nitrogens with zero attached hydrogens (tertiary/aromatic N) is 2. The van der Waals surface area contributed by atoms with E-state index in [-0.39, 0.29) is 5.91 Å². The molecular formula is C35H42N4O6S. The Morgan fingerprint density at radius 3 is 2.28 bits per heavy atom. The van der Waals surface area contributed by atoms with Gasteiger partial charge in [0.05, 0.1) is 19.5 Å². The van der Waals surface area contributed by atoms with Crippen molar-refractivity contribution < 1.29 is 27.9 Å². The second kappa shape index (κ2) is 14.4. The van der Waals surface area contributed by atoms with Gasteiger partial charge in [0.25, 0.3) is 5.91 Å². The van der Waals surface area contributed by atoms with Gasteiger partial charge in [-0.15, -0.1) is 0 Å². The van der Waals surface area contributed by atoms with Crippen LogP contribution in [0.4, 0.5) is 10.5 Å². The van der Waals surface area contributed by atoms with Crippen molar-refractivity contribution in [2.45, 2.75) is 39.5 Å². The lowest BCUT2D eigenvalue weighted by atomic mass is 9.98. The molecule has 1 saturated heterocycles. The van der Waals surface area contributed by atoms with Crippen molar-refractivity contribution >= 4 is 38.6 Å². The summed E-state index contributed by atoms with van der Waals surface area (Å²) < 4.78 is 30.8. The summed E-state index contributed by atoms with van der Waals surface area (Å²) in [5.74, 6) is -0.0289. The number of fused-ring (bicyclic) bond motifs is 1. The second-order valence-corrected chi connectivity index (χ2v) is 13.8. The molecule has 1 fully saturated rings. The SMILES string of the molecule is Cc1cc(C)cc(-c2[nH]c3ccc(C(=O)N4CCOCC4)cc3c2CCN(CCCCc2ccc(NS(C)(=O)=O)cc2)C(=O)O)c1. The number of ether oxygens (including phenoxy) is 1. The summed E-state index contributed by atoms with van der Waals surface area (Å²) in [5.41, 5.74) is 8.32. The molecule has 0 saturated carbocycles. The fourth-order valence-electron chi connectivity index (χ4n) is 6.09. The van der Waals surface area contributed by atoms with E-state index in [9.17, 15) is 23.1 Å². The largest absolute Gasteiger partial charge is 0.465 e. The third kappa shape index (κ3) is 8.46. The summed E-state index contributed by atoms with van der Waals surface area (Å²) in [6.07, 6.45) is 2.86. The predicted octanol–water partition coefficient (Wildman–Crippen LogP) is 5.84. The van der Waals surface area contributed by atoms with E-state index < -0.39 is 16.1 Å². The normalized spacial score (nSPS) is 13.6. The van der Waals surface area contributed by atoms with Gasteiger partial charge >= 0.3 is 6.09 Å². The quantitative estimate of drug-likeness (QED) is 0.166. The molecule has 0 aliphatic carbocycles. The van der Waals surface area contributed by atoms with Crippen molar-refractivity contribution in [1.82, 2.24) is 14.8 Å². The molecule has 11 heteroatoms. The third-order valence-electron chi connectivity index (χ3n) is 8.26. The minimum atomic E-state index is -3.33. The third-order valence-corrected chi connectivity index (χ3v) is 8.87. The Bertz CT molecular complexity index is 1790. The van der Waals surface area contributed by atoms with E-state index in [0.29, 0.717) is 63.5 Å². The maximum atomic E-state index is 13.3. The average Bonchev–Trinajstić information content (AvgIpc) is 3.38. The number of benzene rings is 3. The van der Waals surface area contributed by atoms with Crippen molar-refractivity contribution in [3.05, 3.63) is 88.5 Å². The summed E-state index contributed by atoms with van der Waals surface area (Å²) in [5, 5.41) is 11.0. The molecule has 0 bridgehead atoms. The number of hydrogen-bond donors (Lipinski definition) is 3. The number of nitrogens with one attached hydrogen (secondary N) is 2. The fourth-order valence-corrected chi connectivity index (χ4v) is 6.65. The molecule has 3 aromatic carbocycles. The van der Waals surface area contributed by atoms with Crippen LogP contribution in [0.25, 0.3) is 22.2 Å². The first-order valence-electron chi connectivity index (χ1n) is 15.6. The molecule has 1 aliphatic heterocycles. The maximum absolute atomic E-state index is 13.3. The number of unbranched alkanes of at least 4 members (excludes halogenated alkanes) is 1. The first-order chi connectivity index (χ1) is 22.0. The fraction of sp³-hybridized carbons (Fsp3) is 0.371. The zero-order chi connectivity index (χ0) is 32.8. The number of hydrogen-bond acceptors (Lipinski definition) is 5. The minimum absolute atomic E-state index is 0.0289. The van der Waals surface area contributed by atoms with Gasteiger partial charge in [-0.25, -0.2) is 13.2 Å². The number of aromatic nitrogens is 1. The zero-order valence-electron chi connectivity index (χ0n) is 26.6. The van der Waals surface area contributed by atoms with Gasteiger partial charge < -0.3 is 24.6 Å².